The summed E-state index contributed by atoms with van der Waals surface area (Å²) in [6, 6.07) is 17.1. The van der Waals surface area contributed by atoms with Crippen molar-refractivity contribution in [2.45, 2.75) is 44.6 Å². The molecule has 1 N–H and O–H groups in total. The van der Waals surface area contributed by atoms with Crippen LogP contribution < -0.4 is 5.32 Å². The van der Waals surface area contributed by atoms with Gasteiger partial charge in [0.15, 0.2) is 5.65 Å². The van der Waals surface area contributed by atoms with Crippen LogP contribution in [0, 0.1) is 0 Å². The molecule has 2 atom stereocenters. The van der Waals surface area contributed by atoms with E-state index in [1.54, 1.807) is 6.20 Å². The van der Waals surface area contributed by atoms with Crippen LogP contribution in [0.3, 0.4) is 0 Å². The van der Waals surface area contributed by atoms with Gasteiger partial charge in [-0.1, -0.05) is 43.3 Å². The van der Waals surface area contributed by atoms with Crippen molar-refractivity contribution in [2.75, 3.05) is 25.0 Å². The van der Waals surface area contributed by atoms with Crippen LogP contribution in [-0.4, -0.2) is 44.1 Å². The van der Waals surface area contributed by atoms with Gasteiger partial charge in [-0.25, -0.2) is 4.98 Å². The van der Waals surface area contributed by atoms with Gasteiger partial charge in [0.1, 0.15) is 5.82 Å². The van der Waals surface area contributed by atoms with Crippen molar-refractivity contribution >= 4 is 27.4 Å². The molecule has 0 spiro atoms. The Morgan fingerprint density at radius 2 is 2.03 bits per heavy atom. The number of nitrogens with one attached hydrogen (secondary N) is 1. The SMILES string of the molecule is CC(CCN1CCCC(c2cc(NCc3cccnc3)n3ncc(Br)c3n2)C1)c1ccccc1. The lowest BCUT2D eigenvalue weighted by Crippen LogP contribution is -2.35. The molecule has 176 valence electrons. The summed E-state index contributed by atoms with van der Waals surface area (Å²) in [7, 11) is 0. The van der Waals surface area contributed by atoms with E-state index in [4.69, 9.17) is 4.98 Å². The molecule has 2 unspecified atom stereocenters. The first-order valence-corrected chi connectivity index (χ1v) is 12.9. The summed E-state index contributed by atoms with van der Waals surface area (Å²) in [6.45, 7) is 6.38. The molecule has 4 heterocycles. The number of halogens is 1. The summed E-state index contributed by atoms with van der Waals surface area (Å²) in [6.07, 6.45) is 9.06. The van der Waals surface area contributed by atoms with E-state index in [0.29, 0.717) is 18.4 Å². The van der Waals surface area contributed by atoms with Gasteiger partial charge < -0.3 is 10.2 Å². The van der Waals surface area contributed by atoms with E-state index in [0.717, 1.165) is 40.3 Å². The van der Waals surface area contributed by atoms with Gasteiger partial charge in [-0.3, -0.25) is 4.98 Å². The van der Waals surface area contributed by atoms with Gasteiger partial charge in [-0.05, 0) is 71.4 Å². The number of fused-ring (bicyclic) bond motifs is 1. The Kier molecular flexibility index (Phi) is 7.21. The highest BCUT2D eigenvalue weighted by Crippen LogP contribution is 2.30. The summed E-state index contributed by atoms with van der Waals surface area (Å²) in [4.78, 5) is 11.9. The molecule has 3 aromatic heterocycles. The number of pyridine rings is 1. The Bertz CT molecular complexity index is 1210. The number of aromatic nitrogens is 4. The molecule has 6 nitrogen and oxygen atoms in total. The maximum atomic E-state index is 5.03. The van der Waals surface area contributed by atoms with E-state index in [1.165, 1.54) is 31.4 Å². The summed E-state index contributed by atoms with van der Waals surface area (Å²) in [5, 5.41) is 8.08. The second-order valence-electron chi connectivity index (χ2n) is 9.25. The van der Waals surface area contributed by atoms with Gasteiger partial charge in [0, 0.05) is 37.5 Å². The molecular weight excluding hydrogens is 488 g/mol. The predicted molar refractivity (Wildman–Crippen MR) is 140 cm³/mol. The van der Waals surface area contributed by atoms with Crippen LogP contribution in [0.5, 0.6) is 0 Å². The molecule has 0 radical (unpaired) electrons. The van der Waals surface area contributed by atoms with Crippen molar-refractivity contribution in [2.24, 2.45) is 0 Å². The van der Waals surface area contributed by atoms with E-state index in [9.17, 15) is 0 Å². The zero-order valence-electron chi connectivity index (χ0n) is 19.6. The van der Waals surface area contributed by atoms with E-state index >= 15 is 0 Å². The molecule has 5 rings (SSSR count). The first kappa shape index (κ1) is 23.0. The second-order valence-corrected chi connectivity index (χ2v) is 10.1. The molecule has 4 aromatic rings. The molecule has 0 bridgehead atoms. The van der Waals surface area contributed by atoms with E-state index < -0.39 is 0 Å². The highest BCUT2D eigenvalue weighted by atomic mass is 79.9. The van der Waals surface area contributed by atoms with Crippen LogP contribution >= 0.6 is 15.9 Å². The van der Waals surface area contributed by atoms with Crippen molar-refractivity contribution in [3.05, 3.63) is 88.4 Å². The molecule has 34 heavy (non-hydrogen) atoms. The lowest BCUT2D eigenvalue weighted by Gasteiger charge is -2.33. The number of rotatable bonds is 8. The topological polar surface area (TPSA) is 58.4 Å². The predicted octanol–water partition coefficient (Wildman–Crippen LogP) is 5.87. The summed E-state index contributed by atoms with van der Waals surface area (Å²) >= 11 is 3.64. The van der Waals surface area contributed by atoms with Crippen molar-refractivity contribution in [3.63, 3.8) is 0 Å². The van der Waals surface area contributed by atoms with Crippen LogP contribution in [0.4, 0.5) is 5.82 Å². The van der Waals surface area contributed by atoms with E-state index in [2.05, 4.69) is 85.6 Å². The molecule has 1 saturated heterocycles. The average molecular weight is 519 g/mol. The standard InChI is InChI=1S/C27H31BrN6/c1-20(22-8-3-2-4-9-22)11-14-33-13-6-10-23(19-33)25-15-26(30-17-21-7-5-12-29-16-21)34-27(32-25)24(28)18-31-34/h2-5,7-9,12,15-16,18,20,23,30H,6,10-11,13-14,17,19H2,1H3. The zero-order valence-corrected chi connectivity index (χ0v) is 21.2. The molecule has 0 amide bonds. The zero-order chi connectivity index (χ0) is 23.3. The number of nitrogens with zero attached hydrogens (tertiary/aromatic N) is 5. The molecule has 1 fully saturated rings. The minimum absolute atomic E-state index is 0.423. The number of likely N-dealkylation sites (tertiary alicyclic amines) is 1. The molecule has 1 aliphatic rings. The van der Waals surface area contributed by atoms with Crippen LogP contribution in [0.15, 0.2) is 71.6 Å². The third-order valence-corrected chi connectivity index (χ3v) is 7.38. The number of piperidine rings is 1. The van der Waals surface area contributed by atoms with E-state index in [1.807, 2.05) is 23.0 Å². The highest BCUT2D eigenvalue weighted by Gasteiger charge is 2.24. The van der Waals surface area contributed by atoms with E-state index in [-0.39, 0.29) is 0 Å². The third-order valence-electron chi connectivity index (χ3n) is 6.82. The second kappa shape index (κ2) is 10.7. The fourth-order valence-corrected chi connectivity index (χ4v) is 5.16. The van der Waals surface area contributed by atoms with Gasteiger partial charge >= 0.3 is 0 Å². The number of benzene rings is 1. The third kappa shape index (κ3) is 5.31. The molecule has 1 aliphatic heterocycles. The maximum Gasteiger partial charge on any atom is 0.171 e. The Hall–Kier alpha value is -2.77. The summed E-state index contributed by atoms with van der Waals surface area (Å²) < 4.78 is 2.80. The van der Waals surface area contributed by atoms with Gasteiger partial charge in [-0.15, -0.1) is 0 Å². The highest BCUT2D eigenvalue weighted by molar-refractivity contribution is 9.10. The van der Waals surface area contributed by atoms with Crippen LogP contribution in [-0.2, 0) is 6.54 Å². The van der Waals surface area contributed by atoms with Crippen molar-refractivity contribution in [1.29, 1.82) is 0 Å². The van der Waals surface area contributed by atoms with Gasteiger partial charge in [-0.2, -0.15) is 9.61 Å². The van der Waals surface area contributed by atoms with Crippen LogP contribution in [0.25, 0.3) is 5.65 Å². The summed E-state index contributed by atoms with van der Waals surface area (Å²) in [5.41, 5.74) is 4.57. The fourth-order valence-electron chi connectivity index (χ4n) is 4.81. The number of hydrogen-bond donors (Lipinski definition) is 1. The Morgan fingerprint density at radius 1 is 1.15 bits per heavy atom. The number of anilines is 1. The average Bonchev–Trinajstić information content (AvgIpc) is 3.28. The lowest BCUT2D eigenvalue weighted by molar-refractivity contribution is 0.200. The summed E-state index contributed by atoms with van der Waals surface area (Å²) in [5.74, 6) is 1.96. The van der Waals surface area contributed by atoms with Crippen LogP contribution in [0.1, 0.15) is 54.8 Å². The first-order valence-electron chi connectivity index (χ1n) is 12.1. The van der Waals surface area contributed by atoms with Crippen molar-refractivity contribution in [1.82, 2.24) is 24.5 Å². The monoisotopic (exact) mass is 518 g/mol. The Labute approximate surface area is 209 Å². The molecule has 0 aliphatic carbocycles. The first-order chi connectivity index (χ1) is 16.7. The normalized spacial score (nSPS) is 17.6. The van der Waals surface area contributed by atoms with Crippen molar-refractivity contribution in [3.8, 4) is 0 Å². The minimum Gasteiger partial charge on any atom is -0.366 e. The minimum atomic E-state index is 0.423. The van der Waals surface area contributed by atoms with Gasteiger partial charge in [0.25, 0.3) is 0 Å². The van der Waals surface area contributed by atoms with Crippen LogP contribution in [0.2, 0.25) is 0 Å². The number of hydrogen-bond acceptors (Lipinski definition) is 5. The fraction of sp³-hybridized carbons (Fsp3) is 0.370. The molecule has 7 heteroatoms. The largest absolute Gasteiger partial charge is 0.366 e. The lowest BCUT2D eigenvalue weighted by atomic mass is 9.93. The molecular formula is C27H31BrN6. The molecule has 0 saturated carbocycles. The van der Waals surface area contributed by atoms with Gasteiger partial charge in [0.05, 0.1) is 16.4 Å². The smallest absolute Gasteiger partial charge is 0.171 e. The Morgan fingerprint density at radius 3 is 2.85 bits per heavy atom. The van der Waals surface area contributed by atoms with Crippen molar-refractivity contribution < 1.29 is 0 Å². The van der Waals surface area contributed by atoms with Gasteiger partial charge in [0.2, 0.25) is 0 Å². The maximum absolute atomic E-state index is 5.03. The quantitative estimate of drug-likeness (QED) is 0.316. The Balaban J connectivity index is 1.30. The molecule has 1 aromatic carbocycles.